The minimum absolute atomic E-state index is 0.112. The summed E-state index contributed by atoms with van der Waals surface area (Å²) in [4.78, 5) is 3.65. The first kappa shape index (κ1) is 44.8. The number of benzene rings is 11. The highest BCUT2D eigenvalue weighted by Crippen LogP contribution is 2.46. The molecule has 0 atom stereocenters. The van der Waals surface area contributed by atoms with E-state index in [2.05, 4.69) is 187 Å². The van der Waals surface area contributed by atoms with Gasteiger partial charge < -0.3 is 18.3 Å². The van der Waals surface area contributed by atoms with E-state index < -0.39 is 11.7 Å². The summed E-state index contributed by atoms with van der Waals surface area (Å²) in [7, 11) is 0. The quantitative estimate of drug-likeness (QED) is 0.153. The van der Waals surface area contributed by atoms with Gasteiger partial charge in [-0.05, 0) is 114 Å². The van der Waals surface area contributed by atoms with Crippen LogP contribution in [-0.4, -0.2) is 18.3 Å². The van der Waals surface area contributed by atoms with Gasteiger partial charge in [0.15, 0.2) is 5.69 Å². The van der Waals surface area contributed by atoms with Crippen molar-refractivity contribution in [3.05, 3.63) is 259 Å². The smallest absolute Gasteiger partial charge is 0.309 e. The predicted molar refractivity (Wildman–Crippen MR) is 311 cm³/mol. The summed E-state index contributed by atoms with van der Waals surface area (Å²) in [6.45, 7) is 8.13. The van der Waals surface area contributed by atoms with Crippen LogP contribution in [0.3, 0.4) is 0 Å². The topological polar surface area (TPSA) is 47.9 Å². The van der Waals surface area contributed by atoms with Crippen LogP contribution in [0, 0.1) is 17.9 Å². The summed E-state index contributed by atoms with van der Waals surface area (Å²) in [5, 5.41) is 19.4. The minimum Gasteiger partial charge on any atom is -0.309 e. The Balaban J connectivity index is 1.00. The van der Waals surface area contributed by atoms with Gasteiger partial charge >= 0.3 is 6.18 Å². The molecule has 0 saturated heterocycles. The van der Waals surface area contributed by atoms with Crippen LogP contribution in [0.5, 0.6) is 0 Å². The van der Waals surface area contributed by atoms with E-state index in [1.54, 1.807) is 0 Å². The molecule has 0 saturated carbocycles. The fourth-order valence-electron chi connectivity index (χ4n) is 12.3. The van der Waals surface area contributed by atoms with E-state index in [1.807, 2.05) is 60.7 Å². The van der Waals surface area contributed by atoms with Crippen molar-refractivity contribution in [2.45, 2.75) is 6.18 Å². The maximum Gasteiger partial charge on any atom is 0.415 e. The molecule has 0 amide bonds. The van der Waals surface area contributed by atoms with Gasteiger partial charge in [0, 0.05) is 71.2 Å². The van der Waals surface area contributed by atoms with Gasteiger partial charge in [-0.3, -0.25) is 0 Å². The van der Waals surface area contributed by atoms with Crippen LogP contribution in [0.1, 0.15) is 11.1 Å². The van der Waals surface area contributed by atoms with Crippen molar-refractivity contribution in [1.82, 2.24) is 18.3 Å². The lowest BCUT2D eigenvalue weighted by Gasteiger charge is -2.20. The second-order valence-electron chi connectivity index (χ2n) is 19.8. The Bertz CT molecular complexity index is 5020. The highest BCUT2D eigenvalue weighted by Gasteiger charge is 2.31. The molecule has 0 aliphatic heterocycles. The van der Waals surface area contributed by atoms with Crippen molar-refractivity contribution in [1.29, 1.82) is 5.26 Å². The van der Waals surface area contributed by atoms with Gasteiger partial charge in [-0.2, -0.15) is 18.4 Å². The van der Waals surface area contributed by atoms with Crippen molar-refractivity contribution >= 4 is 92.9 Å². The first-order valence-electron chi connectivity index (χ1n) is 25.6. The van der Waals surface area contributed by atoms with Gasteiger partial charge in [0.25, 0.3) is 0 Å². The molecular weight excluding hydrogens is 970 g/mol. The normalized spacial score (nSPS) is 12.0. The number of halogens is 3. The Morgan fingerprint density at radius 2 is 0.769 bits per heavy atom. The van der Waals surface area contributed by atoms with Crippen LogP contribution >= 0.6 is 0 Å². The Morgan fingerprint density at radius 1 is 0.359 bits per heavy atom. The summed E-state index contributed by atoms with van der Waals surface area (Å²) in [6, 6.07) is 81.0. The number of rotatable bonds is 6. The predicted octanol–water partition coefficient (Wildman–Crippen LogP) is 18.9. The Kier molecular flexibility index (Phi) is 9.75. The Morgan fingerprint density at radius 3 is 1.22 bits per heavy atom. The zero-order valence-corrected chi connectivity index (χ0v) is 41.3. The first-order chi connectivity index (χ1) is 38.2. The maximum absolute atomic E-state index is 14.2. The number of hydrogen-bond acceptors (Lipinski definition) is 1. The average molecular weight is 1010 g/mol. The standard InChI is InChI=1S/C69H39F3N6/c1-74-58-38-44(69(70,71)72)28-32-47(58)43-27-33-65(77-63-24-12-6-18-52(63)56-39-45(29-34-66(56)77)75-59-20-8-2-14-48(59)49-15-3-9-21-60(49)75)55(37-43)54-31-26-42(41-73)36-68(54)78-64-25-13-7-19-53(64)57-40-46(30-35-67(57)78)76-61-22-10-4-16-50(61)51-17-5-11-23-62(51)76/h2-40H. The molecule has 0 N–H and O–H groups in total. The summed E-state index contributed by atoms with van der Waals surface area (Å²) >= 11 is 0. The highest BCUT2D eigenvalue weighted by atomic mass is 19.4. The fourth-order valence-corrected chi connectivity index (χ4v) is 12.3. The largest absolute Gasteiger partial charge is 0.415 e. The lowest BCUT2D eigenvalue weighted by atomic mass is 9.93. The molecule has 78 heavy (non-hydrogen) atoms. The molecule has 0 unspecified atom stereocenters. The van der Waals surface area contributed by atoms with E-state index in [9.17, 15) is 18.4 Å². The van der Waals surface area contributed by atoms with Crippen molar-refractivity contribution in [3.8, 4) is 51.1 Å². The molecular formula is C69H39F3N6. The lowest BCUT2D eigenvalue weighted by Crippen LogP contribution is -2.04. The van der Waals surface area contributed by atoms with Gasteiger partial charge in [0.2, 0.25) is 0 Å². The van der Waals surface area contributed by atoms with Crippen LogP contribution < -0.4 is 0 Å². The fraction of sp³-hybridized carbons (Fsp3) is 0.0145. The third-order valence-electron chi connectivity index (χ3n) is 15.6. The number of alkyl halides is 3. The molecule has 0 spiro atoms. The molecule has 15 aromatic rings. The minimum atomic E-state index is -4.63. The van der Waals surface area contributed by atoms with Gasteiger partial charge in [-0.1, -0.05) is 133 Å². The third-order valence-corrected chi connectivity index (χ3v) is 15.6. The van der Waals surface area contributed by atoms with Crippen molar-refractivity contribution < 1.29 is 13.2 Å². The number of para-hydroxylation sites is 6. The zero-order chi connectivity index (χ0) is 52.4. The summed E-state index contributed by atoms with van der Waals surface area (Å²) in [5.41, 5.74) is 13.6. The average Bonchev–Trinajstić information content (AvgIpc) is 4.28. The van der Waals surface area contributed by atoms with Gasteiger partial charge in [-0.25, -0.2) is 4.85 Å². The van der Waals surface area contributed by atoms with E-state index in [0.29, 0.717) is 16.7 Å². The van der Waals surface area contributed by atoms with Gasteiger partial charge in [0.05, 0.1) is 73.7 Å². The van der Waals surface area contributed by atoms with Crippen molar-refractivity contribution in [3.63, 3.8) is 0 Å². The molecule has 15 rings (SSSR count). The number of aromatic nitrogens is 4. The Hall–Kier alpha value is -10.6. The van der Waals surface area contributed by atoms with Crippen LogP contribution in [-0.2, 0) is 6.18 Å². The molecule has 0 radical (unpaired) electrons. The van der Waals surface area contributed by atoms with Crippen molar-refractivity contribution in [2.75, 3.05) is 0 Å². The molecule has 0 aliphatic rings. The third kappa shape index (κ3) is 6.62. The van der Waals surface area contributed by atoms with Crippen LogP contribution in [0.2, 0.25) is 0 Å². The molecule has 11 aromatic carbocycles. The van der Waals surface area contributed by atoms with E-state index in [0.717, 1.165) is 112 Å². The zero-order valence-electron chi connectivity index (χ0n) is 41.3. The SMILES string of the molecule is [C-]#[N+]c1cc(C(F)(F)F)ccc1-c1ccc(-n2c3ccccc3c3cc(-n4c5ccccc5c5ccccc54)ccc32)c(-c2ccc(C#N)cc2-n2c3ccccc3c3cc(-n4c5ccccc5c5ccccc54)ccc32)c1. The summed E-state index contributed by atoms with van der Waals surface area (Å²) in [5.74, 6) is 0. The number of nitrogens with zero attached hydrogens (tertiary/aromatic N) is 6. The second-order valence-corrected chi connectivity index (χ2v) is 19.8. The summed E-state index contributed by atoms with van der Waals surface area (Å²) < 4.78 is 51.6. The molecule has 6 nitrogen and oxygen atoms in total. The molecule has 0 fully saturated rings. The Labute approximate surface area is 443 Å². The molecule has 0 bridgehead atoms. The first-order valence-corrected chi connectivity index (χ1v) is 25.6. The van der Waals surface area contributed by atoms with E-state index in [4.69, 9.17) is 6.57 Å². The van der Waals surface area contributed by atoms with Crippen LogP contribution in [0.4, 0.5) is 18.9 Å². The maximum atomic E-state index is 14.2. The van der Waals surface area contributed by atoms with E-state index in [-0.39, 0.29) is 5.69 Å². The van der Waals surface area contributed by atoms with Gasteiger partial charge in [0.1, 0.15) is 0 Å². The molecule has 4 aromatic heterocycles. The molecule has 0 aliphatic carbocycles. The molecule has 4 heterocycles. The van der Waals surface area contributed by atoms with Crippen LogP contribution in [0.25, 0.3) is 137 Å². The monoisotopic (exact) mass is 1010 g/mol. The summed E-state index contributed by atoms with van der Waals surface area (Å²) in [6.07, 6.45) is -4.63. The number of fused-ring (bicyclic) bond motifs is 12. The molecule has 9 heteroatoms. The lowest BCUT2D eigenvalue weighted by molar-refractivity contribution is -0.137. The number of hydrogen-bond donors (Lipinski definition) is 0. The molecule has 366 valence electrons. The highest BCUT2D eigenvalue weighted by molar-refractivity contribution is 6.15. The van der Waals surface area contributed by atoms with Gasteiger partial charge in [-0.15, -0.1) is 0 Å². The van der Waals surface area contributed by atoms with E-state index >= 15 is 0 Å². The van der Waals surface area contributed by atoms with Crippen LogP contribution in [0.15, 0.2) is 237 Å². The van der Waals surface area contributed by atoms with E-state index in [1.165, 1.54) is 27.6 Å². The second kappa shape index (κ2) is 17.0. The van der Waals surface area contributed by atoms with Crippen molar-refractivity contribution in [2.24, 2.45) is 0 Å². The number of nitriles is 1.